The van der Waals surface area contributed by atoms with E-state index in [2.05, 4.69) is 5.16 Å². The molecule has 7 heteroatoms. The Bertz CT molecular complexity index is 497. The minimum absolute atomic E-state index is 0.112. The first-order chi connectivity index (χ1) is 8.51. The third kappa shape index (κ3) is 3.09. The highest BCUT2D eigenvalue weighted by atomic mass is 32.2. The molecule has 0 saturated carbocycles. The van der Waals surface area contributed by atoms with Gasteiger partial charge in [-0.2, -0.15) is 0 Å². The Morgan fingerprint density at radius 3 is 3.00 bits per heavy atom. The number of hydrogen-bond donors (Lipinski definition) is 1. The van der Waals surface area contributed by atoms with E-state index in [0.29, 0.717) is 31.0 Å². The first kappa shape index (κ1) is 13.5. The van der Waals surface area contributed by atoms with Crippen LogP contribution in [0.3, 0.4) is 0 Å². The molecule has 0 bridgehead atoms. The van der Waals surface area contributed by atoms with E-state index >= 15 is 0 Å². The average Bonchev–Trinajstić information content (AvgIpc) is 2.88. The molecule has 1 N–H and O–H groups in total. The van der Waals surface area contributed by atoms with Crippen molar-refractivity contribution >= 4 is 10.0 Å². The highest BCUT2D eigenvalue weighted by molar-refractivity contribution is 7.88. The van der Waals surface area contributed by atoms with Crippen molar-refractivity contribution in [3.63, 3.8) is 0 Å². The van der Waals surface area contributed by atoms with Crippen LogP contribution in [0, 0.1) is 12.8 Å². The molecule has 18 heavy (non-hydrogen) atoms. The summed E-state index contributed by atoms with van der Waals surface area (Å²) in [6, 6.07) is 1.64. The molecule has 1 atom stereocenters. The zero-order valence-electron chi connectivity index (χ0n) is 10.4. The van der Waals surface area contributed by atoms with Gasteiger partial charge in [-0.05, 0) is 25.7 Å². The Kier molecular flexibility index (Phi) is 4.04. The summed E-state index contributed by atoms with van der Waals surface area (Å²) in [5, 5.41) is 12.6. The van der Waals surface area contributed by atoms with Crippen molar-refractivity contribution in [2.75, 3.05) is 19.7 Å². The molecule has 0 aromatic carbocycles. The van der Waals surface area contributed by atoms with E-state index < -0.39 is 10.0 Å². The van der Waals surface area contributed by atoms with Crippen molar-refractivity contribution in [1.82, 2.24) is 9.46 Å². The van der Waals surface area contributed by atoms with Crippen molar-refractivity contribution in [3.05, 3.63) is 17.5 Å². The quantitative estimate of drug-likeness (QED) is 0.846. The summed E-state index contributed by atoms with van der Waals surface area (Å²) in [6.45, 7) is 2.88. The van der Waals surface area contributed by atoms with E-state index in [-0.39, 0.29) is 18.3 Å². The average molecular weight is 274 g/mol. The summed E-state index contributed by atoms with van der Waals surface area (Å²) in [5.74, 6) is 0.763. The number of aliphatic hydroxyl groups is 1. The summed E-state index contributed by atoms with van der Waals surface area (Å²) in [6.07, 6.45) is 1.48. The van der Waals surface area contributed by atoms with Crippen LogP contribution in [-0.2, 0) is 15.8 Å². The molecule has 2 heterocycles. The smallest absolute Gasteiger partial charge is 0.219 e. The van der Waals surface area contributed by atoms with E-state index in [4.69, 9.17) is 9.63 Å². The van der Waals surface area contributed by atoms with E-state index in [0.717, 1.165) is 6.42 Å². The second kappa shape index (κ2) is 5.38. The fourth-order valence-electron chi connectivity index (χ4n) is 2.23. The van der Waals surface area contributed by atoms with Crippen LogP contribution in [0.25, 0.3) is 0 Å². The van der Waals surface area contributed by atoms with Crippen LogP contribution in [0.5, 0.6) is 0 Å². The maximum absolute atomic E-state index is 12.1. The molecule has 1 aliphatic heterocycles. The molecule has 2 rings (SSSR count). The lowest BCUT2D eigenvalue weighted by Crippen LogP contribution is -2.30. The molecular formula is C11H18N2O4S. The van der Waals surface area contributed by atoms with Gasteiger partial charge in [-0.3, -0.25) is 0 Å². The lowest BCUT2D eigenvalue weighted by Gasteiger charge is -2.15. The number of aromatic nitrogens is 1. The largest absolute Gasteiger partial charge is 0.396 e. The lowest BCUT2D eigenvalue weighted by molar-refractivity contribution is 0.259. The van der Waals surface area contributed by atoms with Crippen LogP contribution < -0.4 is 0 Å². The van der Waals surface area contributed by atoms with Gasteiger partial charge in [0.1, 0.15) is 17.2 Å². The van der Waals surface area contributed by atoms with Crippen LogP contribution in [0.15, 0.2) is 10.6 Å². The number of rotatable bonds is 5. The van der Waals surface area contributed by atoms with E-state index in [9.17, 15) is 8.42 Å². The predicted molar refractivity (Wildman–Crippen MR) is 65.2 cm³/mol. The van der Waals surface area contributed by atoms with Crippen LogP contribution in [0.1, 0.15) is 24.3 Å². The van der Waals surface area contributed by atoms with Gasteiger partial charge in [0, 0.05) is 25.8 Å². The summed E-state index contributed by atoms with van der Waals surface area (Å²) in [5.41, 5.74) is 0.443. The van der Waals surface area contributed by atoms with Gasteiger partial charge in [-0.25, -0.2) is 12.7 Å². The van der Waals surface area contributed by atoms with E-state index in [1.807, 2.05) is 0 Å². The second-order valence-corrected chi connectivity index (χ2v) is 6.68. The third-order valence-corrected chi connectivity index (χ3v) is 4.97. The highest BCUT2D eigenvalue weighted by Crippen LogP contribution is 2.23. The molecule has 1 unspecified atom stereocenters. The van der Waals surface area contributed by atoms with Crippen molar-refractivity contribution < 1.29 is 18.0 Å². The zero-order chi connectivity index (χ0) is 13.2. The number of sulfonamides is 1. The van der Waals surface area contributed by atoms with Crippen molar-refractivity contribution in [3.8, 4) is 0 Å². The van der Waals surface area contributed by atoms with Crippen LogP contribution in [0.2, 0.25) is 0 Å². The van der Waals surface area contributed by atoms with Gasteiger partial charge < -0.3 is 9.63 Å². The molecule has 1 saturated heterocycles. The van der Waals surface area contributed by atoms with Gasteiger partial charge in [0.25, 0.3) is 0 Å². The van der Waals surface area contributed by atoms with Gasteiger partial charge in [0.15, 0.2) is 0 Å². The molecule has 0 amide bonds. The maximum Gasteiger partial charge on any atom is 0.219 e. The molecule has 102 valence electrons. The number of hydrogen-bond acceptors (Lipinski definition) is 5. The highest BCUT2D eigenvalue weighted by Gasteiger charge is 2.31. The number of aliphatic hydroxyl groups excluding tert-OH is 1. The summed E-state index contributed by atoms with van der Waals surface area (Å²) >= 11 is 0. The SMILES string of the molecule is Cc1cc(CS(=O)(=O)N2CCC(CCO)C2)no1. The number of aryl methyl sites for hydroxylation is 1. The van der Waals surface area contributed by atoms with Crippen molar-refractivity contribution in [1.29, 1.82) is 0 Å². The van der Waals surface area contributed by atoms with Gasteiger partial charge >= 0.3 is 0 Å². The van der Waals surface area contributed by atoms with Gasteiger partial charge in [-0.15, -0.1) is 0 Å². The Labute approximate surface area is 107 Å². The monoisotopic (exact) mass is 274 g/mol. The fraction of sp³-hybridized carbons (Fsp3) is 0.727. The third-order valence-electron chi connectivity index (χ3n) is 3.19. The van der Waals surface area contributed by atoms with Crippen LogP contribution in [-0.4, -0.2) is 42.7 Å². The van der Waals surface area contributed by atoms with Gasteiger partial charge in [0.2, 0.25) is 10.0 Å². The van der Waals surface area contributed by atoms with Crippen molar-refractivity contribution in [2.24, 2.45) is 5.92 Å². The maximum atomic E-state index is 12.1. The Morgan fingerprint density at radius 2 is 2.39 bits per heavy atom. The number of nitrogens with zero attached hydrogens (tertiary/aromatic N) is 2. The summed E-state index contributed by atoms with van der Waals surface area (Å²) in [7, 11) is -3.32. The molecule has 0 aliphatic carbocycles. The minimum atomic E-state index is -3.32. The Hall–Kier alpha value is -0.920. The molecular weight excluding hydrogens is 256 g/mol. The summed E-state index contributed by atoms with van der Waals surface area (Å²) < 4.78 is 30.6. The first-order valence-electron chi connectivity index (χ1n) is 6.02. The molecule has 1 aromatic heterocycles. The molecule has 0 radical (unpaired) electrons. The molecule has 1 aliphatic rings. The standard InChI is InChI=1S/C11H18N2O4S/c1-9-6-11(12-17-9)8-18(15,16)13-4-2-10(7-13)3-5-14/h6,10,14H,2-5,7-8H2,1H3. The van der Waals surface area contributed by atoms with Gasteiger partial charge in [0.05, 0.1) is 0 Å². The Morgan fingerprint density at radius 1 is 1.61 bits per heavy atom. The molecule has 1 aromatic rings. The molecule has 1 fully saturated rings. The van der Waals surface area contributed by atoms with Gasteiger partial charge in [-0.1, -0.05) is 5.16 Å². The predicted octanol–water partition coefficient (Wildman–Crippen LogP) is 0.517. The van der Waals surface area contributed by atoms with Crippen molar-refractivity contribution in [2.45, 2.75) is 25.5 Å². The lowest BCUT2D eigenvalue weighted by atomic mass is 10.1. The topological polar surface area (TPSA) is 83.6 Å². The normalized spacial score (nSPS) is 21.6. The fourth-order valence-corrected chi connectivity index (χ4v) is 3.75. The molecule has 0 spiro atoms. The van der Waals surface area contributed by atoms with Crippen LogP contribution in [0.4, 0.5) is 0 Å². The van der Waals surface area contributed by atoms with Crippen LogP contribution >= 0.6 is 0 Å². The van der Waals surface area contributed by atoms with E-state index in [1.54, 1.807) is 13.0 Å². The summed E-state index contributed by atoms with van der Waals surface area (Å²) in [4.78, 5) is 0. The zero-order valence-corrected chi connectivity index (χ0v) is 11.2. The first-order valence-corrected chi connectivity index (χ1v) is 7.63. The molecule has 6 nitrogen and oxygen atoms in total. The van der Waals surface area contributed by atoms with E-state index in [1.165, 1.54) is 4.31 Å². The minimum Gasteiger partial charge on any atom is -0.396 e. The second-order valence-electron chi connectivity index (χ2n) is 4.71. The Balaban J connectivity index is 1.99.